The Morgan fingerprint density at radius 3 is 2.71 bits per heavy atom. The van der Waals surface area contributed by atoms with Gasteiger partial charge in [0.1, 0.15) is 5.54 Å². The SMILES string of the molecule is Cc1ccc2c(c1)C1(NC(CCC(N)=O)C3C(=O)N(Cc4ccc5c(c4)OCO5)C(=O)C31)C(=O)N2. The molecule has 6 rings (SSSR count). The summed E-state index contributed by atoms with van der Waals surface area (Å²) in [6, 6.07) is 10.2. The van der Waals surface area contributed by atoms with Crippen LogP contribution in [0.2, 0.25) is 0 Å². The Morgan fingerprint density at radius 1 is 1.11 bits per heavy atom. The van der Waals surface area contributed by atoms with Gasteiger partial charge in [0.15, 0.2) is 11.5 Å². The highest BCUT2D eigenvalue weighted by Crippen LogP contribution is 2.54. The number of hydrogen-bond acceptors (Lipinski definition) is 7. The van der Waals surface area contributed by atoms with Crippen molar-refractivity contribution in [3.05, 3.63) is 53.1 Å². The van der Waals surface area contributed by atoms with Crippen LogP contribution in [-0.2, 0) is 31.3 Å². The third-order valence-corrected chi connectivity index (χ3v) is 7.44. The Kier molecular flexibility index (Phi) is 4.65. The number of aryl methyl sites for hydroxylation is 1. The summed E-state index contributed by atoms with van der Waals surface area (Å²) < 4.78 is 10.8. The number of imide groups is 1. The average molecular weight is 476 g/mol. The van der Waals surface area contributed by atoms with E-state index in [1.54, 1.807) is 24.3 Å². The number of nitrogens with one attached hydrogen (secondary N) is 2. The van der Waals surface area contributed by atoms with Crippen molar-refractivity contribution >= 4 is 29.3 Å². The van der Waals surface area contributed by atoms with E-state index in [-0.39, 0.29) is 38.0 Å². The fraction of sp³-hybridized carbons (Fsp3) is 0.360. The van der Waals surface area contributed by atoms with Gasteiger partial charge in [-0.05, 0) is 37.1 Å². The number of ether oxygens (including phenoxy) is 2. The predicted octanol–water partition coefficient (Wildman–Crippen LogP) is 0.910. The molecule has 0 aromatic heterocycles. The standard InChI is InChI=1S/C25H24N4O6/c1-12-2-4-15-14(8-12)25(24(33)27-15)21-20(16(28-25)5-7-19(26)30)22(31)29(23(21)32)10-13-3-6-17-18(9-13)35-11-34-17/h2-4,6,8-9,16,20-21,28H,5,7,10-11H2,1H3,(H2,26,30)(H,27,33). The van der Waals surface area contributed by atoms with Crippen molar-refractivity contribution in [1.29, 1.82) is 0 Å². The summed E-state index contributed by atoms with van der Waals surface area (Å²) in [7, 11) is 0. The molecule has 0 saturated carbocycles. The maximum atomic E-state index is 13.9. The van der Waals surface area contributed by atoms with Crippen molar-refractivity contribution in [2.75, 3.05) is 12.1 Å². The topological polar surface area (TPSA) is 140 Å². The third-order valence-electron chi connectivity index (χ3n) is 7.44. The summed E-state index contributed by atoms with van der Waals surface area (Å²) in [6.07, 6.45) is 0.270. The predicted molar refractivity (Wildman–Crippen MR) is 122 cm³/mol. The van der Waals surface area contributed by atoms with Gasteiger partial charge < -0.3 is 20.5 Å². The molecule has 10 heteroatoms. The molecule has 2 fully saturated rings. The maximum absolute atomic E-state index is 13.9. The van der Waals surface area contributed by atoms with Gasteiger partial charge in [-0.3, -0.25) is 29.4 Å². The van der Waals surface area contributed by atoms with Crippen molar-refractivity contribution in [1.82, 2.24) is 10.2 Å². The fourth-order valence-electron chi connectivity index (χ4n) is 5.90. The number of likely N-dealkylation sites (tertiary alicyclic amines) is 1. The third kappa shape index (κ3) is 3.06. The van der Waals surface area contributed by atoms with Crippen LogP contribution in [0.1, 0.15) is 29.5 Å². The lowest BCUT2D eigenvalue weighted by Crippen LogP contribution is -2.53. The second kappa shape index (κ2) is 7.54. The molecule has 35 heavy (non-hydrogen) atoms. The zero-order valence-electron chi connectivity index (χ0n) is 19.0. The van der Waals surface area contributed by atoms with Crippen LogP contribution in [0.15, 0.2) is 36.4 Å². The average Bonchev–Trinajstić information content (AvgIpc) is 3.55. The van der Waals surface area contributed by atoms with E-state index in [2.05, 4.69) is 10.6 Å². The summed E-state index contributed by atoms with van der Waals surface area (Å²) >= 11 is 0. The number of carbonyl (C=O) groups is 4. The Bertz CT molecular complexity index is 1310. The van der Waals surface area contributed by atoms with Crippen molar-refractivity contribution in [3.63, 3.8) is 0 Å². The van der Waals surface area contributed by atoms with Crippen LogP contribution >= 0.6 is 0 Å². The monoisotopic (exact) mass is 476 g/mol. The van der Waals surface area contributed by atoms with E-state index in [1.807, 2.05) is 19.1 Å². The molecule has 4 aliphatic rings. The second-order valence-corrected chi connectivity index (χ2v) is 9.52. The van der Waals surface area contributed by atoms with Crippen LogP contribution in [0, 0.1) is 18.8 Å². The molecule has 2 saturated heterocycles. The molecule has 4 amide bonds. The van der Waals surface area contributed by atoms with E-state index in [9.17, 15) is 19.2 Å². The summed E-state index contributed by atoms with van der Waals surface area (Å²) in [6.45, 7) is 2.07. The number of carbonyl (C=O) groups excluding carboxylic acids is 4. The molecule has 2 aromatic rings. The Labute approximate surface area is 200 Å². The van der Waals surface area contributed by atoms with Gasteiger partial charge in [0.05, 0.1) is 18.4 Å². The Hall–Kier alpha value is -3.92. The van der Waals surface area contributed by atoms with Gasteiger partial charge in [0, 0.05) is 23.7 Å². The number of amides is 4. The lowest BCUT2D eigenvalue weighted by molar-refractivity contribution is -0.143. The highest BCUT2D eigenvalue weighted by Gasteiger charge is 2.70. The van der Waals surface area contributed by atoms with E-state index < -0.39 is 35.2 Å². The number of anilines is 1. The van der Waals surface area contributed by atoms with Gasteiger partial charge in [-0.25, -0.2) is 0 Å². The second-order valence-electron chi connectivity index (χ2n) is 9.52. The molecule has 4 unspecified atom stereocenters. The van der Waals surface area contributed by atoms with Crippen LogP contribution in [-0.4, -0.2) is 41.4 Å². The minimum Gasteiger partial charge on any atom is -0.454 e. The van der Waals surface area contributed by atoms with Crippen LogP contribution in [0.25, 0.3) is 0 Å². The van der Waals surface area contributed by atoms with E-state index in [0.717, 1.165) is 5.56 Å². The molecule has 0 bridgehead atoms. The number of rotatable bonds is 5. The van der Waals surface area contributed by atoms with Gasteiger partial charge >= 0.3 is 0 Å². The number of hydrogen-bond donors (Lipinski definition) is 3. The number of nitrogens with zero attached hydrogens (tertiary/aromatic N) is 1. The zero-order valence-corrected chi connectivity index (χ0v) is 19.0. The van der Waals surface area contributed by atoms with E-state index in [0.29, 0.717) is 28.3 Å². The number of fused-ring (bicyclic) bond motifs is 5. The van der Waals surface area contributed by atoms with Crippen molar-refractivity contribution in [2.24, 2.45) is 17.6 Å². The first kappa shape index (κ1) is 21.6. The summed E-state index contributed by atoms with van der Waals surface area (Å²) in [5, 5.41) is 6.19. The Morgan fingerprint density at radius 2 is 1.91 bits per heavy atom. The molecule has 0 radical (unpaired) electrons. The molecule has 4 heterocycles. The molecule has 4 atom stereocenters. The number of primary amides is 1. The molecule has 4 N–H and O–H groups in total. The van der Waals surface area contributed by atoms with E-state index in [1.165, 1.54) is 4.90 Å². The van der Waals surface area contributed by atoms with Gasteiger partial charge in [0.2, 0.25) is 30.4 Å². The molecule has 0 aliphatic carbocycles. The highest BCUT2D eigenvalue weighted by atomic mass is 16.7. The van der Waals surface area contributed by atoms with Crippen molar-refractivity contribution in [2.45, 2.75) is 37.9 Å². The lowest BCUT2D eigenvalue weighted by atomic mass is 9.76. The highest BCUT2D eigenvalue weighted by molar-refractivity contribution is 6.15. The van der Waals surface area contributed by atoms with Crippen molar-refractivity contribution < 1.29 is 28.7 Å². The minimum absolute atomic E-state index is 0.0306. The quantitative estimate of drug-likeness (QED) is 0.545. The van der Waals surface area contributed by atoms with Crippen LogP contribution in [0.5, 0.6) is 11.5 Å². The van der Waals surface area contributed by atoms with Crippen LogP contribution in [0.4, 0.5) is 5.69 Å². The van der Waals surface area contributed by atoms with Gasteiger partial charge in [-0.15, -0.1) is 0 Å². The number of nitrogens with two attached hydrogens (primary N) is 1. The molecular weight excluding hydrogens is 452 g/mol. The summed E-state index contributed by atoms with van der Waals surface area (Å²) in [5.74, 6) is -2.25. The Balaban J connectivity index is 1.40. The largest absolute Gasteiger partial charge is 0.454 e. The van der Waals surface area contributed by atoms with Crippen LogP contribution < -0.4 is 25.8 Å². The van der Waals surface area contributed by atoms with E-state index in [4.69, 9.17) is 15.2 Å². The molecule has 4 aliphatic heterocycles. The zero-order chi connectivity index (χ0) is 24.5. The van der Waals surface area contributed by atoms with Gasteiger partial charge in [-0.2, -0.15) is 0 Å². The minimum atomic E-state index is -1.40. The lowest BCUT2D eigenvalue weighted by Gasteiger charge is -2.29. The maximum Gasteiger partial charge on any atom is 0.250 e. The first-order chi connectivity index (χ1) is 16.8. The first-order valence-corrected chi connectivity index (χ1v) is 11.5. The van der Waals surface area contributed by atoms with Crippen molar-refractivity contribution in [3.8, 4) is 11.5 Å². The summed E-state index contributed by atoms with van der Waals surface area (Å²) in [5.41, 5.74) is 6.87. The van der Waals surface area contributed by atoms with Gasteiger partial charge in [-0.1, -0.05) is 23.8 Å². The summed E-state index contributed by atoms with van der Waals surface area (Å²) in [4.78, 5) is 53.8. The van der Waals surface area contributed by atoms with Gasteiger partial charge in [0.25, 0.3) is 0 Å². The molecule has 2 aromatic carbocycles. The number of benzene rings is 2. The normalized spacial score (nSPS) is 28.0. The molecule has 10 nitrogen and oxygen atoms in total. The fourth-order valence-corrected chi connectivity index (χ4v) is 5.90. The van der Waals surface area contributed by atoms with E-state index >= 15 is 0 Å². The molecular formula is C25H24N4O6. The smallest absolute Gasteiger partial charge is 0.250 e. The molecule has 180 valence electrons. The first-order valence-electron chi connectivity index (χ1n) is 11.5. The molecule has 1 spiro atoms. The van der Waals surface area contributed by atoms with Crippen LogP contribution in [0.3, 0.4) is 0 Å².